The zero-order valence-electron chi connectivity index (χ0n) is 9.33. The van der Waals surface area contributed by atoms with E-state index in [9.17, 15) is 0 Å². The van der Waals surface area contributed by atoms with Gasteiger partial charge < -0.3 is 15.4 Å². The smallest absolute Gasteiger partial charge is 0.191 e. The van der Waals surface area contributed by atoms with Gasteiger partial charge in [-0.15, -0.1) is 0 Å². The number of guanidine groups is 1. The number of ether oxygens (including phenoxy) is 1. The molecule has 16 heavy (non-hydrogen) atoms. The first-order valence-corrected chi connectivity index (χ1v) is 5.78. The molecule has 0 saturated heterocycles. The van der Waals surface area contributed by atoms with Crippen molar-refractivity contribution >= 4 is 21.9 Å². The van der Waals surface area contributed by atoms with Gasteiger partial charge in [0.15, 0.2) is 5.96 Å². The van der Waals surface area contributed by atoms with Gasteiger partial charge in [-0.3, -0.25) is 4.99 Å². The summed E-state index contributed by atoms with van der Waals surface area (Å²) in [6.07, 6.45) is 0. The summed E-state index contributed by atoms with van der Waals surface area (Å²) in [4.78, 5) is 6.04. The Kier molecular flexibility index (Phi) is 3.05. The lowest BCUT2D eigenvalue weighted by Gasteiger charge is -2.15. The van der Waals surface area contributed by atoms with E-state index in [0.717, 1.165) is 23.3 Å². The topological polar surface area (TPSA) is 50.8 Å². The summed E-state index contributed by atoms with van der Waals surface area (Å²) in [5, 5.41) is 0. The standard InChI is InChI=1S/C11H14BrN3O/c1-14-11(13)15-5-7-3-4-9(16-2)10(12)8(7)6-15/h3-4H,5-6H2,1-2H3,(H2,13,14). The molecule has 0 aliphatic carbocycles. The Labute approximate surface area is 103 Å². The summed E-state index contributed by atoms with van der Waals surface area (Å²) >= 11 is 3.56. The highest BCUT2D eigenvalue weighted by Crippen LogP contribution is 2.35. The summed E-state index contributed by atoms with van der Waals surface area (Å²) < 4.78 is 6.28. The van der Waals surface area contributed by atoms with Crippen molar-refractivity contribution in [3.63, 3.8) is 0 Å². The van der Waals surface area contributed by atoms with Crippen LogP contribution in [-0.4, -0.2) is 25.0 Å². The van der Waals surface area contributed by atoms with Crippen LogP contribution in [0.4, 0.5) is 0 Å². The highest BCUT2D eigenvalue weighted by molar-refractivity contribution is 9.10. The molecule has 0 unspecified atom stereocenters. The van der Waals surface area contributed by atoms with E-state index in [1.807, 2.05) is 11.0 Å². The highest BCUT2D eigenvalue weighted by atomic mass is 79.9. The molecule has 2 N–H and O–H groups in total. The lowest BCUT2D eigenvalue weighted by atomic mass is 10.1. The van der Waals surface area contributed by atoms with Crippen LogP contribution >= 0.6 is 15.9 Å². The molecule has 2 rings (SSSR count). The normalized spacial score (nSPS) is 15.2. The van der Waals surface area contributed by atoms with Gasteiger partial charge in [-0.05, 0) is 33.1 Å². The molecular formula is C11H14BrN3O. The first-order valence-electron chi connectivity index (χ1n) is 4.98. The third-order valence-corrected chi connectivity index (χ3v) is 3.66. The number of hydrogen-bond donors (Lipinski definition) is 1. The lowest BCUT2D eigenvalue weighted by molar-refractivity contribution is 0.410. The molecule has 0 atom stereocenters. The summed E-state index contributed by atoms with van der Waals surface area (Å²) in [6, 6.07) is 4.04. The minimum atomic E-state index is 0.571. The fourth-order valence-corrected chi connectivity index (χ4v) is 2.55. The molecule has 1 aliphatic rings. The van der Waals surface area contributed by atoms with E-state index in [0.29, 0.717) is 5.96 Å². The van der Waals surface area contributed by atoms with E-state index in [2.05, 4.69) is 27.0 Å². The van der Waals surface area contributed by atoms with Crippen molar-refractivity contribution in [2.24, 2.45) is 10.7 Å². The number of rotatable bonds is 1. The molecule has 0 radical (unpaired) electrons. The number of aliphatic imine (C=N–C) groups is 1. The van der Waals surface area contributed by atoms with Crippen molar-refractivity contribution in [2.45, 2.75) is 13.1 Å². The van der Waals surface area contributed by atoms with E-state index in [1.165, 1.54) is 11.1 Å². The monoisotopic (exact) mass is 283 g/mol. The highest BCUT2D eigenvalue weighted by Gasteiger charge is 2.23. The van der Waals surface area contributed by atoms with Crippen LogP contribution in [0, 0.1) is 0 Å². The Morgan fingerprint density at radius 1 is 1.50 bits per heavy atom. The summed E-state index contributed by atoms with van der Waals surface area (Å²) in [5.74, 6) is 1.43. The molecular weight excluding hydrogens is 270 g/mol. The van der Waals surface area contributed by atoms with Crippen molar-refractivity contribution in [3.05, 3.63) is 27.7 Å². The quantitative estimate of drug-likeness (QED) is 0.631. The number of methoxy groups -OCH3 is 1. The third kappa shape index (κ3) is 1.75. The van der Waals surface area contributed by atoms with Crippen LogP contribution in [0.1, 0.15) is 11.1 Å². The Balaban J connectivity index is 2.34. The number of benzene rings is 1. The van der Waals surface area contributed by atoms with Crippen LogP contribution in [0.3, 0.4) is 0 Å². The number of hydrogen-bond acceptors (Lipinski definition) is 2. The lowest BCUT2D eigenvalue weighted by Crippen LogP contribution is -2.32. The first-order chi connectivity index (χ1) is 7.67. The summed E-state index contributed by atoms with van der Waals surface area (Å²) in [7, 11) is 3.37. The summed E-state index contributed by atoms with van der Waals surface area (Å²) in [5.41, 5.74) is 8.30. The molecule has 0 aromatic heterocycles. The SMILES string of the molecule is CN=C(N)N1Cc2ccc(OC)c(Br)c2C1. The van der Waals surface area contributed by atoms with E-state index in [-0.39, 0.29) is 0 Å². The molecule has 1 aromatic carbocycles. The van der Waals surface area contributed by atoms with Crippen molar-refractivity contribution in [1.82, 2.24) is 4.90 Å². The maximum absolute atomic E-state index is 5.81. The van der Waals surface area contributed by atoms with Gasteiger partial charge in [-0.1, -0.05) is 6.07 Å². The predicted octanol–water partition coefficient (Wildman–Crippen LogP) is 1.72. The molecule has 0 bridgehead atoms. The van der Waals surface area contributed by atoms with Crippen LogP contribution < -0.4 is 10.5 Å². The zero-order chi connectivity index (χ0) is 11.7. The molecule has 5 heteroatoms. The van der Waals surface area contributed by atoms with Gasteiger partial charge in [-0.25, -0.2) is 0 Å². The van der Waals surface area contributed by atoms with E-state index in [1.54, 1.807) is 14.2 Å². The fraction of sp³-hybridized carbons (Fsp3) is 0.364. The number of halogens is 1. The van der Waals surface area contributed by atoms with Crippen LogP contribution in [-0.2, 0) is 13.1 Å². The van der Waals surface area contributed by atoms with Crippen molar-refractivity contribution in [1.29, 1.82) is 0 Å². The molecule has 1 aromatic rings. The Hall–Kier alpha value is -1.23. The maximum atomic E-state index is 5.81. The average Bonchev–Trinajstić information content (AvgIpc) is 2.73. The Morgan fingerprint density at radius 3 is 2.88 bits per heavy atom. The zero-order valence-corrected chi connectivity index (χ0v) is 10.9. The van der Waals surface area contributed by atoms with Crippen LogP contribution in [0.5, 0.6) is 5.75 Å². The minimum Gasteiger partial charge on any atom is -0.496 e. The second kappa shape index (κ2) is 4.33. The largest absolute Gasteiger partial charge is 0.496 e. The molecule has 1 heterocycles. The van der Waals surface area contributed by atoms with Crippen LogP contribution in [0.15, 0.2) is 21.6 Å². The minimum absolute atomic E-state index is 0.571. The second-order valence-corrected chi connectivity index (χ2v) is 4.45. The maximum Gasteiger partial charge on any atom is 0.191 e. The predicted molar refractivity (Wildman–Crippen MR) is 67.5 cm³/mol. The summed E-state index contributed by atoms with van der Waals surface area (Å²) in [6.45, 7) is 1.58. The Bertz CT molecular complexity index is 445. The van der Waals surface area contributed by atoms with Crippen molar-refractivity contribution in [3.8, 4) is 5.75 Å². The molecule has 4 nitrogen and oxygen atoms in total. The molecule has 0 amide bonds. The third-order valence-electron chi connectivity index (χ3n) is 2.79. The van der Waals surface area contributed by atoms with Crippen LogP contribution in [0.2, 0.25) is 0 Å². The van der Waals surface area contributed by atoms with Gasteiger partial charge in [-0.2, -0.15) is 0 Å². The van der Waals surface area contributed by atoms with Crippen molar-refractivity contribution < 1.29 is 4.74 Å². The van der Waals surface area contributed by atoms with Gasteiger partial charge >= 0.3 is 0 Å². The van der Waals surface area contributed by atoms with Crippen molar-refractivity contribution in [2.75, 3.05) is 14.2 Å². The van der Waals surface area contributed by atoms with Gasteiger partial charge in [0.05, 0.1) is 11.6 Å². The van der Waals surface area contributed by atoms with E-state index < -0.39 is 0 Å². The number of nitrogens with zero attached hydrogens (tertiary/aromatic N) is 2. The van der Waals surface area contributed by atoms with Crippen LogP contribution in [0.25, 0.3) is 0 Å². The van der Waals surface area contributed by atoms with E-state index >= 15 is 0 Å². The second-order valence-electron chi connectivity index (χ2n) is 3.66. The average molecular weight is 284 g/mol. The van der Waals surface area contributed by atoms with Gasteiger partial charge in [0.2, 0.25) is 0 Å². The van der Waals surface area contributed by atoms with Gasteiger partial charge in [0.25, 0.3) is 0 Å². The van der Waals surface area contributed by atoms with E-state index in [4.69, 9.17) is 10.5 Å². The Morgan fingerprint density at radius 2 is 2.25 bits per heavy atom. The fourth-order valence-electron chi connectivity index (χ4n) is 1.87. The first kappa shape index (κ1) is 11.3. The molecule has 1 aliphatic heterocycles. The molecule has 0 spiro atoms. The molecule has 86 valence electrons. The number of nitrogens with two attached hydrogens (primary N) is 1. The molecule has 0 fully saturated rings. The number of fused-ring (bicyclic) bond motifs is 1. The van der Waals surface area contributed by atoms with Gasteiger partial charge in [0, 0.05) is 20.1 Å². The molecule has 0 saturated carbocycles. The van der Waals surface area contributed by atoms with Gasteiger partial charge in [0.1, 0.15) is 5.75 Å².